The van der Waals surface area contributed by atoms with E-state index >= 15 is 0 Å². The van der Waals surface area contributed by atoms with Crippen molar-refractivity contribution in [2.45, 2.75) is 39.7 Å². The number of aryl methyl sites for hydroxylation is 1. The number of thiophene rings is 1. The van der Waals surface area contributed by atoms with Crippen LogP contribution in [0, 0.1) is 12.8 Å². The Kier molecular flexibility index (Phi) is 5.95. The normalized spacial score (nSPS) is 17.8. The van der Waals surface area contributed by atoms with Gasteiger partial charge in [0.15, 0.2) is 0 Å². The highest BCUT2D eigenvalue weighted by atomic mass is 32.1. The van der Waals surface area contributed by atoms with E-state index < -0.39 is 0 Å². The van der Waals surface area contributed by atoms with E-state index in [1.54, 1.807) is 11.3 Å². The van der Waals surface area contributed by atoms with Crippen LogP contribution >= 0.6 is 11.3 Å². The van der Waals surface area contributed by atoms with Gasteiger partial charge in [-0.3, -0.25) is 9.59 Å². The largest absolute Gasteiger partial charge is 0.466 e. The number of piperidine rings is 1. The Hall–Kier alpha value is -2.60. The lowest BCUT2D eigenvalue weighted by atomic mass is 9.98. The van der Waals surface area contributed by atoms with Gasteiger partial charge in [0.05, 0.1) is 28.8 Å². The monoisotopic (exact) mass is 424 g/mol. The van der Waals surface area contributed by atoms with E-state index in [1.807, 2.05) is 36.1 Å². The Labute approximate surface area is 181 Å². The van der Waals surface area contributed by atoms with Gasteiger partial charge in [-0.05, 0) is 51.3 Å². The second-order valence-corrected chi connectivity index (χ2v) is 9.22. The van der Waals surface area contributed by atoms with E-state index in [9.17, 15) is 9.59 Å². The number of aromatic nitrogens is 1. The molecule has 0 radical (unpaired) electrons. The number of hydrogen-bond acceptors (Lipinski definition) is 4. The average Bonchev–Trinajstić information content (AvgIpc) is 3.29. The number of nitrogens with zero attached hydrogens (tertiary/aromatic N) is 2. The van der Waals surface area contributed by atoms with Crippen LogP contribution in [-0.2, 0) is 9.53 Å². The minimum atomic E-state index is -0.235. The number of carbonyl (C=O) groups excluding carboxylic acids is 2. The van der Waals surface area contributed by atoms with Crippen molar-refractivity contribution in [1.29, 1.82) is 0 Å². The van der Waals surface area contributed by atoms with Gasteiger partial charge in [0.1, 0.15) is 5.69 Å². The lowest BCUT2D eigenvalue weighted by Gasteiger charge is -2.32. The molecule has 1 saturated heterocycles. The minimum absolute atomic E-state index is 0.00664. The van der Waals surface area contributed by atoms with Crippen LogP contribution in [0.15, 0.2) is 42.5 Å². The fourth-order valence-corrected chi connectivity index (χ4v) is 5.32. The van der Waals surface area contributed by atoms with Gasteiger partial charge in [0.25, 0.3) is 5.91 Å². The summed E-state index contributed by atoms with van der Waals surface area (Å²) in [5, 5.41) is 0. The summed E-state index contributed by atoms with van der Waals surface area (Å²) in [4.78, 5) is 28.9. The molecule has 1 aliphatic rings. The molecule has 158 valence electrons. The van der Waals surface area contributed by atoms with Crippen molar-refractivity contribution < 1.29 is 14.3 Å². The fourth-order valence-electron chi connectivity index (χ4n) is 4.37. The van der Waals surface area contributed by atoms with Crippen LogP contribution in [-0.4, -0.2) is 41.0 Å². The third-order valence-electron chi connectivity index (χ3n) is 5.87. The summed E-state index contributed by atoms with van der Waals surface area (Å²) in [6.45, 7) is 7.52. The summed E-state index contributed by atoms with van der Waals surface area (Å²) in [7, 11) is 0. The van der Waals surface area contributed by atoms with E-state index in [2.05, 4.69) is 36.6 Å². The van der Waals surface area contributed by atoms with Gasteiger partial charge in [0, 0.05) is 18.0 Å². The number of likely N-dealkylation sites (tertiary alicyclic amines) is 1. The number of ether oxygens (including phenoxy) is 1. The maximum Gasteiger partial charge on any atom is 0.310 e. The first-order valence-corrected chi connectivity index (χ1v) is 11.4. The number of fused-ring (bicyclic) bond motifs is 1. The second kappa shape index (κ2) is 8.64. The van der Waals surface area contributed by atoms with Gasteiger partial charge >= 0.3 is 5.97 Å². The zero-order chi connectivity index (χ0) is 21.3. The molecule has 3 heterocycles. The molecule has 0 saturated carbocycles. The van der Waals surface area contributed by atoms with Crippen molar-refractivity contribution in [1.82, 2.24) is 9.47 Å². The van der Waals surface area contributed by atoms with E-state index in [4.69, 9.17) is 4.74 Å². The van der Waals surface area contributed by atoms with Crippen LogP contribution in [0.1, 0.15) is 53.7 Å². The van der Waals surface area contributed by atoms with Crippen LogP contribution < -0.4 is 0 Å². The highest BCUT2D eigenvalue weighted by Crippen LogP contribution is 2.34. The molecule has 2 atom stereocenters. The lowest BCUT2D eigenvalue weighted by molar-refractivity contribution is -0.149. The summed E-state index contributed by atoms with van der Waals surface area (Å²) in [6.07, 6.45) is 1.59. The molecule has 2 aromatic heterocycles. The molecule has 4 rings (SSSR count). The van der Waals surface area contributed by atoms with Crippen molar-refractivity contribution in [3.05, 3.63) is 58.6 Å². The predicted molar refractivity (Wildman–Crippen MR) is 120 cm³/mol. The van der Waals surface area contributed by atoms with Crippen LogP contribution in [0.25, 0.3) is 10.2 Å². The molecular formula is C24H28N2O3S. The number of esters is 1. The quantitative estimate of drug-likeness (QED) is 0.540. The van der Waals surface area contributed by atoms with E-state index in [0.717, 1.165) is 28.6 Å². The second-order valence-electron chi connectivity index (χ2n) is 7.94. The summed E-state index contributed by atoms with van der Waals surface area (Å²) in [5.74, 6) is -0.437. The lowest BCUT2D eigenvalue weighted by Crippen LogP contribution is -2.43. The first kappa shape index (κ1) is 20.7. The number of benzene rings is 1. The van der Waals surface area contributed by atoms with Gasteiger partial charge in [0.2, 0.25) is 0 Å². The van der Waals surface area contributed by atoms with E-state index in [-0.39, 0.29) is 23.8 Å². The standard InChI is InChI=1S/C24H28N2O3S/c1-4-29-24(28)19-11-8-12-25(15-19)23(27)21-14-22-20(13-16(2)30-22)26(21)17(3)18-9-6-5-7-10-18/h5-7,9-10,13-14,17,19H,4,8,11-12,15H2,1-3H3. The van der Waals surface area contributed by atoms with Crippen LogP contribution in [0.2, 0.25) is 0 Å². The molecule has 1 amide bonds. The zero-order valence-corrected chi connectivity index (χ0v) is 18.6. The Balaban J connectivity index is 1.69. The van der Waals surface area contributed by atoms with E-state index in [0.29, 0.717) is 25.4 Å². The Morgan fingerprint density at radius 3 is 2.73 bits per heavy atom. The maximum atomic E-state index is 13.6. The van der Waals surface area contributed by atoms with Gasteiger partial charge < -0.3 is 14.2 Å². The van der Waals surface area contributed by atoms with Crippen LogP contribution in [0.5, 0.6) is 0 Å². The molecule has 30 heavy (non-hydrogen) atoms. The molecule has 1 fully saturated rings. The van der Waals surface area contributed by atoms with Gasteiger partial charge in [-0.15, -0.1) is 11.3 Å². The highest BCUT2D eigenvalue weighted by Gasteiger charge is 2.32. The Bertz CT molecular complexity index is 1050. The van der Waals surface area contributed by atoms with Gasteiger partial charge in [-0.2, -0.15) is 0 Å². The first-order chi connectivity index (χ1) is 14.5. The number of amides is 1. The molecule has 3 aromatic rings. The van der Waals surface area contributed by atoms with E-state index in [1.165, 1.54) is 4.88 Å². The van der Waals surface area contributed by atoms with Gasteiger partial charge in [-0.1, -0.05) is 30.3 Å². The smallest absolute Gasteiger partial charge is 0.310 e. The average molecular weight is 425 g/mol. The van der Waals surface area contributed by atoms with Crippen LogP contribution in [0.4, 0.5) is 0 Å². The zero-order valence-electron chi connectivity index (χ0n) is 17.8. The van der Waals surface area contributed by atoms with Crippen molar-refractivity contribution in [3.63, 3.8) is 0 Å². The van der Waals surface area contributed by atoms with Crippen LogP contribution in [0.3, 0.4) is 0 Å². The molecular weight excluding hydrogens is 396 g/mol. The molecule has 6 heteroatoms. The van der Waals surface area contributed by atoms with Crippen molar-refractivity contribution >= 4 is 33.4 Å². The fraction of sp³-hybridized carbons (Fsp3) is 0.417. The molecule has 5 nitrogen and oxygen atoms in total. The molecule has 0 aliphatic carbocycles. The molecule has 2 unspecified atom stereocenters. The molecule has 1 aromatic carbocycles. The highest BCUT2D eigenvalue weighted by molar-refractivity contribution is 7.19. The molecule has 0 N–H and O–H groups in total. The van der Waals surface area contributed by atoms with Crippen molar-refractivity contribution in [2.24, 2.45) is 5.92 Å². The van der Waals surface area contributed by atoms with Gasteiger partial charge in [-0.25, -0.2) is 0 Å². The minimum Gasteiger partial charge on any atom is -0.466 e. The first-order valence-electron chi connectivity index (χ1n) is 10.6. The summed E-state index contributed by atoms with van der Waals surface area (Å²) in [6, 6.07) is 14.5. The number of rotatable bonds is 5. The molecule has 1 aliphatic heterocycles. The third-order valence-corrected chi connectivity index (χ3v) is 6.85. The molecule has 0 bridgehead atoms. The third kappa shape index (κ3) is 3.88. The van der Waals surface area contributed by atoms with Crippen molar-refractivity contribution in [2.75, 3.05) is 19.7 Å². The number of carbonyl (C=O) groups is 2. The maximum absolute atomic E-state index is 13.6. The summed E-state index contributed by atoms with van der Waals surface area (Å²) >= 11 is 1.71. The Morgan fingerprint density at radius 1 is 1.23 bits per heavy atom. The predicted octanol–water partition coefficient (Wildman–Crippen LogP) is 5.04. The van der Waals surface area contributed by atoms with Crippen molar-refractivity contribution in [3.8, 4) is 0 Å². The SMILES string of the molecule is CCOC(=O)C1CCCN(C(=O)c2cc3sc(C)cc3n2C(C)c2ccccc2)C1. The molecule has 0 spiro atoms. The number of hydrogen-bond donors (Lipinski definition) is 0. The summed E-state index contributed by atoms with van der Waals surface area (Å²) in [5.41, 5.74) is 2.95. The topological polar surface area (TPSA) is 51.5 Å². The summed E-state index contributed by atoms with van der Waals surface area (Å²) < 4.78 is 8.48. The Morgan fingerprint density at radius 2 is 2.00 bits per heavy atom.